The summed E-state index contributed by atoms with van der Waals surface area (Å²) < 4.78 is 22.0. The lowest BCUT2D eigenvalue weighted by Gasteiger charge is -2.12. The van der Waals surface area contributed by atoms with Gasteiger partial charge in [-0.1, -0.05) is 54.2 Å². The van der Waals surface area contributed by atoms with Gasteiger partial charge < -0.3 is 18.6 Å². The number of hydrogen-bond donors (Lipinski definition) is 0. The molecule has 1 heterocycles. The van der Waals surface area contributed by atoms with Crippen LogP contribution in [-0.2, 0) is 5.75 Å². The van der Waals surface area contributed by atoms with Crippen LogP contribution in [0, 0.1) is 11.3 Å². The minimum Gasteiger partial charge on any atom is -0.493 e. The number of hydrogen-bond acceptors (Lipinski definition) is 8. The molecule has 4 rings (SSSR count). The molecule has 0 bridgehead atoms. The van der Waals surface area contributed by atoms with Gasteiger partial charge in [0, 0.05) is 11.3 Å². The third-order valence-corrected chi connectivity index (χ3v) is 5.88. The Hall–Kier alpha value is -3.96. The zero-order valence-corrected chi connectivity index (χ0v) is 19.2. The first-order valence-electron chi connectivity index (χ1n) is 10.0. The lowest BCUT2D eigenvalue weighted by molar-refractivity contribution is 0.324. The number of rotatable bonds is 8. The second kappa shape index (κ2) is 10.1. The summed E-state index contributed by atoms with van der Waals surface area (Å²) in [5, 5.41) is 18.1. The van der Waals surface area contributed by atoms with Crippen molar-refractivity contribution in [3.05, 3.63) is 71.8 Å². The summed E-state index contributed by atoms with van der Waals surface area (Å²) in [6.07, 6.45) is 0. The predicted octanol–water partition coefficient (Wildman–Crippen LogP) is 5.59. The topological polar surface area (TPSA) is 90.4 Å². The lowest BCUT2D eigenvalue weighted by atomic mass is 10.00. The maximum atomic E-state index is 9.32. The number of ether oxygens (including phenoxy) is 3. The molecule has 0 aliphatic heterocycles. The summed E-state index contributed by atoms with van der Waals surface area (Å²) in [5.74, 6) is 2.55. The van der Waals surface area contributed by atoms with Gasteiger partial charge >= 0.3 is 0 Å². The van der Waals surface area contributed by atoms with Gasteiger partial charge in [-0.3, -0.25) is 0 Å². The van der Waals surface area contributed by atoms with E-state index in [-0.39, 0.29) is 0 Å². The molecule has 8 heteroatoms. The first kappa shape index (κ1) is 22.2. The first-order chi connectivity index (χ1) is 16.2. The highest BCUT2D eigenvalue weighted by molar-refractivity contribution is 7.98. The minimum absolute atomic E-state index is 0.361. The quantitative estimate of drug-likeness (QED) is 0.315. The fourth-order valence-corrected chi connectivity index (χ4v) is 4.07. The standard InChI is InChI=1S/C25H21N3O4S/c1-29-21-12-19(13-22(30-2)23(21)31-3)24-27-28-25(32-24)33-15-16-8-10-17(11-9-16)20-7-5-4-6-18(20)14-26/h4-13H,15H2,1-3H3. The smallest absolute Gasteiger partial charge is 0.277 e. The Kier molecular flexibility index (Phi) is 6.81. The molecular formula is C25H21N3O4S. The Balaban J connectivity index is 1.47. The maximum absolute atomic E-state index is 9.32. The Morgan fingerprint density at radius 3 is 2.21 bits per heavy atom. The minimum atomic E-state index is 0.361. The van der Waals surface area contributed by atoms with Gasteiger partial charge in [0.05, 0.1) is 33.0 Å². The molecule has 0 saturated carbocycles. The van der Waals surface area contributed by atoms with Gasteiger partial charge in [0.2, 0.25) is 11.6 Å². The second-order valence-electron chi connectivity index (χ2n) is 6.93. The van der Waals surface area contributed by atoms with Crippen LogP contribution in [0.3, 0.4) is 0 Å². The molecule has 0 N–H and O–H groups in total. The Morgan fingerprint density at radius 2 is 1.58 bits per heavy atom. The van der Waals surface area contributed by atoms with Crippen molar-refractivity contribution in [2.24, 2.45) is 0 Å². The number of aromatic nitrogens is 2. The normalized spacial score (nSPS) is 10.5. The van der Waals surface area contributed by atoms with Crippen LogP contribution in [0.15, 0.2) is 70.3 Å². The molecule has 0 atom stereocenters. The van der Waals surface area contributed by atoms with E-state index in [1.54, 1.807) is 33.5 Å². The molecule has 0 amide bonds. The highest BCUT2D eigenvalue weighted by Crippen LogP contribution is 2.41. The Bertz CT molecular complexity index is 1270. The molecule has 0 unspecified atom stereocenters. The molecular weight excluding hydrogens is 438 g/mol. The van der Waals surface area contributed by atoms with Crippen LogP contribution in [-0.4, -0.2) is 31.5 Å². The SMILES string of the molecule is COc1cc(-c2nnc(SCc3ccc(-c4ccccc4C#N)cc3)o2)cc(OC)c1OC. The van der Waals surface area contributed by atoms with Crippen LogP contribution in [0.4, 0.5) is 0 Å². The summed E-state index contributed by atoms with van der Waals surface area (Å²) in [6, 6.07) is 21.4. The highest BCUT2D eigenvalue weighted by Gasteiger charge is 2.17. The van der Waals surface area contributed by atoms with E-state index in [0.29, 0.717) is 45.2 Å². The number of benzene rings is 3. The van der Waals surface area contributed by atoms with Crippen molar-refractivity contribution in [2.45, 2.75) is 11.0 Å². The molecule has 0 radical (unpaired) electrons. The molecule has 0 aliphatic carbocycles. The van der Waals surface area contributed by atoms with Crippen molar-refractivity contribution in [1.82, 2.24) is 10.2 Å². The van der Waals surface area contributed by atoms with Gasteiger partial charge in [0.1, 0.15) is 0 Å². The summed E-state index contributed by atoms with van der Waals surface area (Å²) in [6.45, 7) is 0. The van der Waals surface area contributed by atoms with E-state index in [4.69, 9.17) is 18.6 Å². The van der Waals surface area contributed by atoms with Gasteiger partial charge in [-0.05, 0) is 34.9 Å². The van der Waals surface area contributed by atoms with Gasteiger partial charge in [0.15, 0.2) is 11.5 Å². The van der Waals surface area contributed by atoms with Crippen LogP contribution in [0.2, 0.25) is 0 Å². The van der Waals surface area contributed by atoms with Crippen molar-refractivity contribution >= 4 is 11.8 Å². The van der Waals surface area contributed by atoms with E-state index < -0.39 is 0 Å². The number of nitrogens with zero attached hydrogens (tertiary/aromatic N) is 3. The molecule has 0 saturated heterocycles. The monoisotopic (exact) mass is 459 g/mol. The van der Waals surface area contributed by atoms with Gasteiger partial charge in [-0.25, -0.2) is 0 Å². The van der Waals surface area contributed by atoms with Crippen LogP contribution in [0.1, 0.15) is 11.1 Å². The van der Waals surface area contributed by atoms with Crippen molar-refractivity contribution in [3.63, 3.8) is 0 Å². The van der Waals surface area contributed by atoms with E-state index in [1.807, 2.05) is 48.5 Å². The highest BCUT2D eigenvalue weighted by atomic mass is 32.2. The fourth-order valence-electron chi connectivity index (χ4n) is 3.35. The average Bonchev–Trinajstić information content (AvgIpc) is 3.36. The molecule has 0 fully saturated rings. The van der Waals surface area contributed by atoms with Crippen molar-refractivity contribution in [1.29, 1.82) is 5.26 Å². The molecule has 7 nitrogen and oxygen atoms in total. The summed E-state index contributed by atoms with van der Waals surface area (Å²) in [7, 11) is 4.66. The van der Waals surface area contributed by atoms with Crippen LogP contribution >= 0.6 is 11.8 Å². The first-order valence-corrected chi connectivity index (χ1v) is 11.0. The maximum Gasteiger partial charge on any atom is 0.277 e. The molecule has 33 heavy (non-hydrogen) atoms. The second-order valence-corrected chi connectivity index (χ2v) is 7.86. The predicted molar refractivity (Wildman–Crippen MR) is 126 cm³/mol. The van der Waals surface area contributed by atoms with Crippen molar-refractivity contribution in [2.75, 3.05) is 21.3 Å². The van der Waals surface area contributed by atoms with E-state index in [0.717, 1.165) is 16.7 Å². The third-order valence-electron chi connectivity index (χ3n) is 4.99. The number of methoxy groups -OCH3 is 3. The van der Waals surface area contributed by atoms with E-state index in [9.17, 15) is 5.26 Å². The molecule has 0 aliphatic rings. The van der Waals surface area contributed by atoms with E-state index in [1.165, 1.54) is 11.8 Å². The van der Waals surface area contributed by atoms with Crippen LogP contribution in [0.5, 0.6) is 17.2 Å². The third kappa shape index (κ3) is 4.78. The summed E-state index contributed by atoms with van der Waals surface area (Å²) in [4.78, 5) is 0. The van der Waals surface area contributed by atoms with Crippen molar-refractivity contribution in [3.8, 4) is 45.9 Å². The molecule has 4 aromatic rings. The number of nitriles is 1. The van der Waals surface area contributed by atoms with E-state index >= 15 is 0 Å². The Morgan fingerprint density at radius 1 is 0.879 bits per heavy atom. The molecule has 0 spiro atoms. The summed E-state index contributed by atoms with van der Waals surface area (Å²) in [5.41, 5.74) is 4.36. The molecule has 166 valence electrons. The lowest BCUT2D eigenvalue weighted by Crippen LogP contribution is -1.95. The van der Waals surface area contributed by atoms with Crippen molar-refractivity contribution < 1.29 is 18.6 Å². The zero-order chi connectivity index (χ0) is 23.2. The largest absolute Gasteiger partial charge is 0.493 e. The zero-order valence-electron chi connectivity index (χ0n) is 18.4. The fraction of sp³-hybridized carbons (Fsp3) is 0.160. The molecule has 1 aromatic heterocycles. The van der Waals surface area contributed by atoms with Gasteiger partial charge in [0.25, 0.3) is 5.22 Å². The van der Waals surface area contributed by atoms with Gasteiger partial charge in [-0.2, -0.15) is 5.26 Å². The molecule has 3 aromatic carbocycles. The number of thioether (sulfide) groups is 1. The Labute approximate surface area is 195 Å². The van der Waals surface area contributed by atoms with Crippen LogP contribution in [0.25, 0.3) is 22.6 Å². The average molecular weight is 460 g/mol. The van der Waals surface area contributed by atoms with E-state index in [2.05, 4.69) is 16.3 Å². The van der Waals surface area contributed by atoms with Gasteiger partial charge in [-0.15, -0.1) is 10.2 Å². The van der Waals surface area contributed by atoms with Crippen LogP contribution < -0.4 is 14.2 Å². The summed E-state index contributed by atoms with van der Waals surface area (Å²) >= 11 is 1.45.